The highest BCUT2D eigenvalue weighted by molar-refractivity contribution is 5.96. The van der Waals surface area contributed by atoms with Crippen LogP contribution in [0.15, 0.2) is 24.3 Å². The zero-order chi connectivity index (χ0) is 16.1. The third kappa shape index (κ3) is 4.71. The molecule has 2 aliphatic heterocycles. The van der Waals surface area contributed by atoms with Crippen LogP contribution >= 0.6 is 12.4 Å². The number of amides is 2. The molecule has 2 aliphatic rings. The van der Waals surface area contributed by atoms with E-state index in [1.54, 1.807) is 4.90 Å². The summed E-state index contributed by atoms with van der Waals surface area (Å²) in [6, 6.07) is 7.97. The van der Waals surface area contributed by atoms with E-state index in [1.807, 2.05) is 18.2 Å². The molecule has 2 amide bonds. The van der Waals surface area contributed by atoms with Gasteiger partial charge in [0.05, 0.1) is 0 Å². The first kappa shape index (κ1) is 18.7. The number of rotatable bonds is 5. The van der Waals surface area contributed by atoms with Crippen LogP contribution in [0.4, 0.5) is 5.69 Å². The summed E-state index contributed by atoms with van der Waals surface area (Å²) in [5.74, 6) is 0.685. The lowest BCUT2D eigenvalue weighted by molar-refractivity contribution is -0.121. The number of hydrogen-bond donors (Lipinski definition) is 2. The Balaban J connectivity index is 0.00000208. The largest absolute Gasteiger partial charge is 0.356 e. The predicted molar refractivity (Wildman–Crippen MR) is 97.6 cm³/mol. The zero-order valence-electron chi connectivity index (χ0n) is 13.9. The quantitative estimate of drug-likeness (QED) is 0.851. The molecule has 5 nitrogen and oxygen atoms in total. The van der Waals surface area contributed by atoms with Gasteiger partial charge < -0.3 is 15.5 Å². The Bertz CT molecular complexity index is 573. The number of piperidine rings is 1. The molecule has 1 atom stereocenters. The second-order valence-corrected chi connectivity index (χ2v) is 6.44. The third-order valence-corrected chi connectivity index (χ3v) is 4.74. The van der Waals surface area contributed by atoms with Crippen molar-refractivity contribution in [3.8, 4) is 0 Å². The second-order valence-electron chi connectivity index (χ2n) is 6.44. The van der Waals surface area contributed by atoms with Crippen LogP contribution in [0.3, 0.4) is 0 Å². The van der Waals surface area contributed by atoms with Gasteiger partial charge >= 0.3 is 0 Å². The van der Waals surface area contributed by atoms with Crippen molar-refractivity contribution in [1.29, 1.82) is 0 Å². The van der Waals surface area contributed by atoms with E-state index in [0.717, 1.165) is 31.7 Å². The van der Waals surface area contributed by atoms with Crippen LogP contribution in [-0.4, -0.2) is 38.0 Å². The Labute approximate surface area is 149 Å². The normalized spacial score (nSPS) is 20.1. The van der Waals surface area contributed by atoms with E-state index in [-0.39, 0.29) is 24.2 Å². The summed E-state index contributed by atoms with van der Waals surface area (Å²) in [6.07, 6.45) is 4.05. The average molecular weight is 352 g/mol. The van der Waals surface area contributed by atoms with Crippen LogP contribution in [0.2, 0.25) is 0 Å². The minimum atomic E-state index is 0. The monoisotopic (exact) mass is 351 g/mol. The van der Waals surface area contributed by atoms with Gasteiger partial charge in [0.15, 0.2) is 0 Å². The van der Waals surface area contributed by atoms with Gasteiger partial charge in [-0.1, -0.05) is 18.2 Å². The van der Waals surface area contributed by atoms with Crippen molar-refractivity contribution in [1.82, 2.24) is 10.6 Å². The van der Waals surface area contributed by atoms with Crippen LogP contribution < -0.4 is 15.5 Å². The number of anilines is 1. The van der Waals surface area contributed by atoms with E-state index < -0.39 is 0 Å². The van der Waals surface area contributed by atoms with E-state index in [4.69, 9.17) is 0 Å². The molecule has 0 saturated carbocycles. The topological polar surface area (TPSA) is 61.4 Å². The van der Waals surface area contributed by atoms with Gasteiger partial charge in [-0.05, 0) is 49.9 Å². The molecule has 2 N–H and O–H groups in total. The van der Waals surface area contributed by atoms with Gasteiger partial charge in [0.25, 0.3) is 0 Å². The molecule has 2 heterocycles. The number of fused-ring (bicyclic) bond motifs is 1. The molecule has 1 fully saturated rings. The maximum absolute atomic E-state index is 12.2. The molecular formula is C18H26ClN3O2. The summed E-state index contributed by atoms with van der Waals surface area (Å²) in [7, 11) is 0. The van der Waals surface area contributed by atoms with Crippen molar-refractivity contribution in [2.24, 2.45) is 5.92 Å². The third-order valence-electron chi connectivity index (χ3n) is 4.74. The average Bonchev–Trinajstić information content (AvgIpc) is 2.60. The Hall–Kier alpha value is -1.59. The van der Waals surface area contributed by atoms with Gasteiger partial charge in [-0.15, -0.1) is 12.4 Å². The zero-order valence-corrected chi connectivity index (χ0v) is 14.7. The Morgan fingerprint density at radius 1 is 1.29 bits per heavy atom. The lowest BCUT2D eigenvalue weighted by Crippen LogP contribution is -2.40. The minimum Gasteiger partial charge on any atom is -0.356 e. The van der Waals surface area contributed by atoms with Gasteiger partial charge in [0.2, 0.25) is 11.8 Å². The number of halogens is 1. The summed E-state index contributed by atoms with van der Waals surface area (Å²) in [5, 5.41) is 6.37. The lowest BCUT2D eigenvalue weighted by Gasteiger charge is -2.29. The van der Waals surface area contributed by atoms with Crippen molar-refractivity contribution in [3.63, 3.8) is 0 Å². The van der Waals surface area contributed by atoms with Crippen LogP contribution in [-0.2, 0) is 16.0 Å². The van der Waals surface area contributed by atoms with Crippen molar-refractivity contribution in [2.75, 3.05) is 31.1 Å². The maximum atomic E-state index is 12.2. The number of para-hydroxylation sites is 1. The molecule has 1 aromatic rings. The first-order chi connectivity index (χ1) is 11.2. The van der Waals surface area contributed by atoms with Crippen LogP contribution in [0.1, 0.15) is 31.2 Å². The molecular weight excluding hydrogens is 326 g/mol. The van der Waals surface area contributed by atoms with Crippen molar-refractivity contribution in [2.45, 2.75) is 32.1 Å². The molecule has 3 rings (SSSR count). The second kappa shape index (κ2) is 9.04. The Kier molecular flexibility index (Phi) is 7.06. The minimum absolute atomic E-state index is 0. The molecule has 0 bridgehead atoms. The van der Waals surface area contributed by atoms with Crippen LogP contribution in [0.5, 0.6) is 0 Å². The molecule has 0 spiro atoms. The molecule has 132 valence electrons. The van der Waals surface area contributed by atoms with Gasteiger partial charge in [-0.25, -0.2) is 0 Å². The van der Waals surface area contributed by atoms with E-state index >= 15 is 0 Å². The fraction of sp³-hybridized carbons (Fsp3) is 0.556. The first-order valence-electron chi connectivity index (χ1n) is 8.60. The van der Waals surface area contributed by atoms with E-state index in [9.17, 15) is 9.59 Å². The summed E-state index contributed by atoms with van der Waals surface area (Å²) in [4.78, 5) is 26.0. The number of aryl methyl sites for hydroxylation is 1. The summed E-state index contributed by atoms with van der Waals surface area (Å²) >= 11 is 0. The number of carbonyl (C=O) groups is 2. The summed E-state index contributed by atoms with van der Waals surface area (Å²) in [6.45, 7) is 3.26. The Morgan fingerprint density at radius 2 is 2.12 bits per heavy atom. The predicted octanol–water partition coefficient (Wildman–Crippen LogP) is 1.89. The standard InChI is InChI=1S/C18H25N3O2.ClH/c22-17(20-13-14-4-3-10-19-12-14)9-11-21-16-6-2-1-5-15(16)7-8-18(21)23;/h1-2,5-6,14,19H,3-4,7-13H2,(H,20,22);1H. The number of hydrogen-bond acceptors (Lipinski definition) is 3. The molecule has 24 heavy (non-hydrogen) atoms. The maximum Gasteiger partial charge on any atom is 0.227 e. The number of nitrogens with one attached hydrogen (secondary N) is 2. The van der Waals surface area contributed by atoms with Crippen molar-refractivity contribution >= 4 is 29.9 Å². The lowest BCUT2D eigenvalue weighted by atomic mass is 9.99. The van der Waals surface area contributed by atoms with Crippen molar-refractivity contribution < 1.29 is 9.59 Å². The molecule has 6 heteroatoms. The fourth-order valence-corrected chi connectivity index (χ4v) is 3.40. The van der Waals surface area contributed by atoms with Crippen LogP contribution in [0, 0.1) is 5.92 Å². The molecule has 1 saturated heterocycles. The fourth-order valence-electron chi connectivity index (χ4n) is 3.40. The van der Waals surface area contributed by atoms with E-state index in [2.05, 4.69) is 16.7 Å². The first-order valence-corrected chi connectivity index (χ1v) is 8.60. The highest BCUT2D eigenvalue weighted by Gasteiger charge is 2.24. The van der Waals surface area contributed by atoms with E-state index in [1.165, 1.54) is 18.4 Å². The molecule has 0 radical (unpaired) electrons. The van der Waals surface area contributed by atoms with Gasteiger partial charge in [0, 0.05) is 31.6 Å². The van der Waals surface area contributed by atoms with Gasteiger partial charge in [-0.3, -0.25) is 9.59 Å². The molecule has 1 unspecified atom stereocenters. The number of nitrogens with zero attached hydrogens (tertiary/aromatic N) is 1. The van der Waals surface area contributed by atoms with Crippen molar-refractivity contribution in [3.05, 3.63) is 29.8 Å². The molecule has 0 aromatic heterocycles. The Morgan fingerprint density at radius 3 is 2.92 bits per heavy atom. The summed E-state index contributed by atoms with van der Waals surface area (Å²) < 4.78 is 0. The van der Waals surface area contributed by atoms with Gasteiger partial charge in [-0.2, -0.15) is 0 Å². The van der Waals surface area contributed by atoms with Gasteiger partial charge in [0.1, 0.15) is 0 Å². The van der Waals surface area contributed by atoms with Crippen LogP contribution in [0.25, 0.3) is 0 Å². The SMILES string of the molecule is Cl.O=C(CCN1C(=O)CCc2ccccc21)NCC1CCCNC1. The number of benzene rings is 1. The highest BCUT2D eigenvalue weighted by Crippen LogP contribution is 2.27. The highest BCUT2D eigenvalue weighted by atomic mass is 35.5. The smallest absolute Gasteiger partial charge is 0.227 e. The number of carbonyl (C=O) groups excluding carboxylic acids is 2. The van der Waals surface area contributed by atoms with E-state index in [0.29, 0.717) is 25.3 Å². The molecule has 1 aromatic carbocycles. The summed E-state index contributed by atoms with van der Waals surface area (Å²) in [5.41, 5.74) is 2.16. The molecule has 0 aliphatic carbocycles.